The van der Waals surface area contributed by atoms with E-state index in [1.165, 1.54) is 186 Å². The molecular weight excluding hydrogens is 877 g/mol. The Bertz CT molecular complexity index is 1280. The molecule has 0 amide bonds. The third-order valence-electron chi connectivity index (χ3n) is 13.5. The number of hydrogen-bond acceptors (Lipinski definition) is 6. The van der Waals surface area contributed by atoms with Crippen LogP contribution in [0.25, 0.3) is 0 Å². The molecule has 6 nitrogen and oxygen atoms in total. The molecule has 412 valence electrons. The van der Waals surface area contributed by atoms with Crippen molar-refractivity contribution in [2.24, 2.45) is 0 Å². The Balaban J connectivity index is 4.23. The molecule has 0 rings (SSSR count). The fourth-order valence-electron chi connectivity index (χ4n) is 8.79. The van der Waals surface area contributed by atoms with Crippen LogP contribution in [-0.2, 0) is 28.6 Å². The predicted octanol–water partition coefficient (Wildman–Crippen LogP) is 20.8. The molecule has 0 saturated heterocycles. The smallest absolute Gasteiger partial charge is 0.306 e. The first-order chi connectivity index (χ1) is 35.0. The average Bonchev–Trinajstić information content (AvgIpc) is 3.37. The maximum absolute atomic E-state index is 12.8. The van der Waals surface area contributed by atoms with Crippen LogP contribution in [0.15, 0.2) is 60.8 Å². The maximum atomic E-state index is 12.8. The zero-order valence-corrected chi connectivity index (χ0v) is 47.2. The monoisotopic (exact) mass is 993 g/mol. The standard InChI is InChI=1S/C65H116O6/c1-4-7-10-13-16-19-22-25-27-28-29-30-31-32-33-34-35-36-37-38-39-41-43-46-49-52-55-58-64(67)70-61-62(60-69-63(66)57-54-51-48-45-42-24-21-18-15-12-9-6-3)71-65(68)59-56-53-50-47-44-40-26-23-20-17-14-11-8-5-2/h18,21-23,25-26,28-29,31-32,62H,4-17,19-20,24,27,30,33-61H2,1-3H3/b21-18-,25-22-,26-23-,29-28-,32-31-. The Morgan fingerprint density at radius 3 is 0.831 bits per heavy atom. The van der Waals surface area contributed by atoms with Crippen LogP contribution in [0, 0.1) is 0 Å². The second-order valence-corrected chi connectivity index (χ2v) is 20.6. The van der Waals surface area contributed by atoms with Crippen LogP contribution in [0.5, 0.6) is 0 Å². The average molecular weight is 994 g/mol. The number of carbonyl (C=O) groups excluding carboxylic acids is 3. The van der Waals surface area contributed by atoms with Gasteiger partial charge in [-0.15, -0.1) is 0 Å². The van der Waals surface area contributed by atoms with Gasteiger partial charge >= 0.3 is 17.9 Å². The van der Waals surface area contributed by atoms with E-state index >= 15 is 0 Å². The van der Waals surface area contributed by atoms with Crippen LogP contribution >= 0.6 is 0 Å². The Morgan fingerprint density at radius 1 is 0.282 bits per heavy atom. The van der Waals surface area contributed by atoms with E-state index in [4.69, 9.17) is 14.2 Å². The van der Waals surface area contributed by atoms with Gasteiger partial charge in [0.25, 0.3) is 0 Å². The van der Waals surface area contributed by atoms with Crippen LogP contribution in [0.1, 0.15) is 316 Å². The molecule has 0 fully saturated rings. The van der Waals surface area contributed by atoms with E-state index in [1.54, 1.807) is 0 Å². The largest absolute Gasteiger partial charge is 0.462 e. The van der Waals surface area contributed by atoms with Gasteiger partial charge in [-0.3, -0.25) is 14.4 Å². The van der Waals surface area contributed by atoms with Crippen molar-refractivity contribution in [3.63, 3.8) is 0 Å². The summed E-state index contributed by atoms with van der Waals surface area (Å²) in [5.74, 6) is -0.888. The van der Waals surface area contributed by atoms with Crippen molar-refractivity contribution in [3.8, 4) is 0 Å². The zero-order valence-electron chi connectivity index (χ0n) is 47.2. The molecule has 6 heteroatoms. The molecule has 0 radical (unpaired) electrons. The van der Waals surface area contributed by atoms with Crippen LogP contribution in [-0.4, -0.2) is 37.2 Å². The summed E-state index contributed by atoms with van der Waals surface area (Å²) in [5, 5.41) is 0. The van der Waals surface area contributed by atoms with Gasteiger partial charge in [0.1, 0.15) is 13.2 Å². The summed E-state index contributed by atoms with van der Waals surface area (Å²) < 4.78 is 16.9. The highest BCUT2D eigenvalue weighted by molar-refractivity contribution is 5.71. The van der Waals surface area contributed by atoms with Crippen molar-refractivity contribution < 1.29 is 28.6 Å². The third kappa shape index (κ3) is 57.9. The summed E-state index contributed by atoms with van der Waals surface area (Å²) in [7, 11) is 0. The van der Waals surface area contributed by atoms with Crippen molar-refractivity contribution >= 4 is 17.9 Å². The second-order valence-electron chi connectivity index (χ2n) is 20.6. The maximum Gasteiger partial charge on any atom is 0.306 e. The third-order valence-corrected chi connectivity index (χ3v) is 13.5. The van der Waals surface area contributed by atoms with E-state index in [-0.39, 0.29) is 31.1 Å². The number of rotatable bonds is 56. The number of esters is 3. The Labute approximate surface area is 440 Å². The van der Waals surface area contributed by atoms with Gasteiger partial charge < -0.3 is 14.2 Å². The van der Waals surface area contributed by atoms with E-state index < -0.39 is 6.10 Å². The first-order valence-electron chi connectivity index (χ1n) is 30.8. The lowest BCUT2D eigenvalue weighted by atomic mass is 10.0. The van der Waals surface area contributed by atoms with Gasteiger partial charge in [-0.1, -0.05) is 248 Å². The minimum absolute atomic E-state index is 0.0795. The molecule has 0 heterocycles. The van der Waals surface area contributed by atoms with E-state index in [2.05, 4.69) is 81.5 Å². The number of ether oxygens (including phenoxy) is 3. The van der Waals surface area contributed by atoms with Crippen LogP contribution in [0.3, 0.4) is 0 Å². The van der Waals surface area contributed by atoms with Crippen molar-refractivity contribution in [1.82, 2.24) is 0 Å². The summed E-state index contributed by atoms with van der Waals surface area (Å²) in [6, 6.07) is 0. The van der Waals surface area contributed by atoms with Crippen LogP contribution < -0.4 is 0 Å². The lowest BCUT2D eigenvalue weighted by Crippen LogP contribution is -2.30. The molecular formula is C65H116O6. The van der Waals surface area contributed by atoms with Crippen LogP contribution in [0.4, 0.5) is 0 Å². The van der Waals surface area contributed by atoms with E-state index in [0.29, 0.717) is 19.3 Å². The zero-order chi connectivity index (χ0) is 51.4. The molecule has 0 aromatic rings. The lowest BCUT2D eigenvalue weighted by molar-refractivity contribution is -0.167. The van der Waals surface area contributed by atoms with Crippen molar-refractivity contribution in [3.05, 3.63) is 60.8 Å². The molecule has 1 unspecified atom stereocenters. The van der Waals surface area contributed by atoms with Crippen molar-refractivity contribution in [1.29, 1.82) is 0 Å². The normalized spacial score (nSPS) is 12.4. The molecule has 0 bridgehead atoms. The van der Waals surface area contributed by atoms with Gasteiger partial charge in [0.05, 0.1) is 0 Å². The molecule has 71 heavy (non-hydrogen) atoms. The molecule has 0 aliphatic heterocycles. The Hall–Kier alpha value is -2.89. The highest BCUT2D eigenvalue weighted by atomic mass is 16.6. The van der Waals surface area contributed by atoms with Gasteiger partial charge in [-0.2, -0.15) is 0 Å². The van der Waals surface area contributed by atoms with E-state index in [0.717, 1.165) is 89.9 Å². The molecule has 1 atom stereocenters. The Morgan fingerprint density at radius 2 is 0.507 bits per heavy atom. The quantitative estimate of drug-likeness (QED) is 0.0261. The summed E-state index contributed by atoms with van der Waals surface area (Å²) >= 11 is 0. The SMILES string of the molecule is CCCCC/C=C\CCCCCCCC(=O)OCC(COC(=O)CCCCCCCCCCCCCC/C=C\C/C=C\C/C=C\CCCCCCC)OC(=O)CCCCCCC/C=C\CCCCCCC. The number of carbonyl (C=O) groups is 3. The number of allylic oxidation sites excluding steroid dienone is 10. The summed E-state index contributed by atoms with van der Waals surface area (Å²) in [4.78, 5) is 38.1. The topological polar surface area (TPSA) is 78.9 Å². The lowest BCUT2D eigenvalue weighted by Gasteiger charge is -2.18. The molecule has 0 aliphatic carbocycles. The number of unbranched alkanes of at least 4 members (excludes halogenated alkanes) is 35. The predicted molar refractivity (Wildman–Crippen MR) is 307 cm³/mol. The summed E-state index contributed by atoms with van der Waals surface area (Å²) in [6.45, 7) is 6.61. The number of hydrogen-bond donors (Lipinski definition) is 0. The molecule has 0 spiro atoms. The second kappa shape index (κ2) is 59.7. The minimum atomic E-state index is -0.781. The van der Waals surface area contributed by atoms with Gasteiger partial charge in [0.15, 0.2) is 6.10 Å². The molecule has 0 aliphatic rings. The fourth-order valence-corrected chi connectivity index (χ4v) is 8.79. The fraction of sp³-hybridized carbons (Fsp3) is 0.800. The molecule has 0 saturated carbocycles. The van der Waals surface area contributed by atoms with E-state index in [9.17, 15) is 14.4 Å². The molecule has 0 aromatic heterocycles. The van der Waals surface area contributed by atoms with Crippen molar-refractivity contribution in [2.75, 3.05) is 13.2 Å². The highest BCUT2D eigenvalue weighted by Gasteiger charge is 2.19. The van der Waals surface area contributed by atoms with Gasteiger partial charge in [-0.05, 0) is 109 Å². The highest BCUT2D eigenvalue weighted by Crippen LogP contribution is 2.16. The first kappa shape index (κ1) is 68.1. The first-order valence-corrected chi connectivity index (χ1v) is 30.8. The van der Waals surface area contributed by atoms with E-state index in [1.807, 2.05) is 0 Å². The van der Waals surface area contributed by atoms with Gasteiger partial charge in [0, 0.05) is 19.3 Å². The molecule has 0 N–H and O–H groups in total. The molecule has 0 aromatic carbocycles. The van der Waals surface area contributed by atoms with Crippen LogP contribution in [0.2, 0.25) is 0 Å². The minimum Gasteiger partial charge on any atom is -0.462 e. The summed E-state index contributed by atoms with van der Waals surface area (Å²) in [6.07, 6.45) is 75.1. The van der Waals surface area contributed by atoms with Gasteiger partial charge in [0.2, 0.25) is 0 Å². The van der Waals surface area contributed by atoms with Gasteiger partial charge in [-0.25, -0.2) is 0 Å². The Kier molecular flexibility index (Phi) is 57.2. The summed E-state index contributed by atoms with van der Waals surface area (Å²) in [5.41, 5.74) is 0. The van der Waals surface area contributed by atoms with Crippen molar-refractivity contribution in [2.45, 2.75) is 322 Å².